The van der Waals surface area contributed by atoms with Gasteiger partial charge in [0.1, 0.15) is 28.6 Å². The Balaban J connectivity index is 1.24. The molecule has 40 heavy (non-hydrogen) atoms. The summed E-state index contributed by atoms with van der Waals surface area (Å²) in [6, 6.07) is 22.5. The third-order valence-electron chi connectivity index (χ3n) is 8.07. The van der Waals surface area contributed by atoms with Gasteiger partial charge in [-0.05, 0) is 103 Å². The molecule has 0 atom stereocenters. The fourth-order valence-corrected chi connectivity index (χ4v) is 5.73. The van der Waals surface area contributed by atoms with E-state index in [9.17, 15) is 4.79 Å². The van der Waals surface area contributed by atoms with Crippen molar-refractivity contribution in [2.45, 2.75) is 57.9 Å². The van der Waals surface area contributed by atoms with E-state index in [0.717, 1.165) is 49.4 Å². The van der Waals surface area contributed by atoms with Crippen LogP contribution in [-0.4, -0.2) is 28.8 Å². The van der Waals surface area contributed by atoms with Gasteiger partial charge in [0.2, 0.25) is 0 Å². The first-order chi connectivity index (χ1) is 19.3. The maximum atomic E-state index is 12.7. The number of benzene rings is 3. The maximum absolute atomic E-state index is 12.7. The van der Waals surface area contributed by atoms with Gasteiger partial charge in [-0.25, -0.2) is 4.68 Å². The summed E-state index contributed by atoms with van der Waals surface area (Å²) in [5.74, 6) is 2.23. The number of hydrogen-bond donors (Lipinski definition) is 3. The maximum Gasteiger partial charge on any atom is 0.254 e. The molecule has 1 fully saturated rings. The lowest BCUT2D eigenvalue weighted by Gasteiger charge is -2.24. The number of hydrogen-bond acceptors (Lipinski definition) is 5. The van der Waals surface area contributed by atoms with Crippen molar-refractivity contribution in [2.75, 3.05) is 18.4 Å². The topological polar surface area (TPSA) is 94.2 Å². The molecular weight excluding hydrogens is 498 g/mol. The first kappa shape index (κ1) is 26.1. The second kappa shape index (κ2) is 10.5. The largest absolute Gasteiger partial charge is 0.457 e. The number of carbonyl (C=O) groups excluding carboxylic acids is 1. The number of nitrogens with one attached hydrogen (secondary N) is 2. The van der Waals surface area contributed by atoms with E-state index < -0.39 is 5.91 Å². The molecule has 2 aliphatic heterocycles. The van der Waals surface area contributed by atoms with Gasteiger partial charge in [0.05, 0.1) is 0 Å². The molecule has 206 valence electrons. The number of fused-ring (bicyclic) bond motifs is 2. The average molecular weight is 536 g/mol. The van der Waals surface area contributed by atoms with Gasteiger partial charge >= 0.3 is 0 Å². The van der Waals surface area contributed by atoms with E-state index in [1.807, 2.05) is 41.1 Å². The number of primary amides is 1. The molecule has 7 heteroatoms. The van der Waals surface area contributed by atoms with Gasteiger partial charge in [-0.3, -0.25) is 4.79 Å². The van der Waals surface area contributed by atoms with Crippen LogP contribution in [0.15, 0.2) is 66.7 Å². The molecular formula is C33H37N5O2. The fourth-order valence-electron chi connectivity index (χ4n) is 5.73. The van der Waals surface area contributed by atoms with Crippen molar-refractivity contribution in [3.8, 4) is 22.8 Å². The van der Waals surface area contributed by atoms with Crippen LogP contribution < -0.4 is 21.1 Å². The van der Waals surface area contributed by atoms with E-state index in [4.69, 9.17) is 15.6 Å². The molecule has 0 radical (unpaired) electrons. The predicted octanol–water partition coefficient (Wildman–Crippen LogP) is 6.51. The molecule has 6 rings (SSSR count). The van der Waals surface area contributed by atoms with E-state index >= 15 is 0 Å². The number of piperidine rings is 1. The molecule has 1 amide bonds. The minimum absolute atomic E-state index is 0.0911. The van der Waals surface area contributed by atoms with Gasteiger partial charge in [0.15, 0.2) is 0 Å². The summed E-state index contributed by atoms with van der Waals surface area (Å²) in [6.07, 6.45) is 3.15. The van der Waals surface area contributed by atoms with Crippen LogP contribution in [0, 0.1) is 0 Å². The second-order valence-electron chi connectivity index (χ2n) is 11.9. The van der Waals surface area contributed by atoms with Crippen molar-refractivity contribution >= 4 is 17.4 Å². The normalized spacial score (nSPS) is 15.5. The number of amides is 1. The molecule has 3 aromatic carbocycles. The predicted molar refractivity (Wildman–Crippen MR) is 160 cm³/mol. The first-order valence-electron chi connectivity index (χ1n) is 14.2. The summed E-state index contributed by atoms with van der Waals surface area (Å²) >= 11 is 0. The minimum Gasteiger partial charge on any atom is -0.457 e. The van der Waals surface area contributed by atoms with Crippen LogP contribution in [0.2, 0.25) is 0 Å². The zero-order chi connectivity index (χ0) is 27.9. The molecule has 1 saturated heterocycles. The van der Waals surface area contributed by atoms with Gasteiger partial charge in [-0.2, -0.15) is 5.10 Å². The lowest BCUT2D eigenvalue weighted by Crippen LogP contribution is -2.26. The Kier molecular flexibility index (Phi) is 6.84. The number of nitrogens with zero attached hydrogens (tertiary/aromatic N) is 2. The van der Waals surface area contributed by atoms with E-state index in [2.05, 4.69) is 61.7 Å². The lowest BCUT2D eigenvalue weighted by molar-refractivity contribution is 0.100. The van der Waals surface area contributed by atoms with Gasteiger partial charge in [0.25, 0.3) is 5.91 Å². The zero-order valence-electron chi connectivity index (χ0n) is 23.5. The summed E-state index contributed by atoms with van der Waals surface area (Å²) in [6.45, 7) is 9.37. The summed E-state index contributed by atoms with van der Waals surface area (Å²) in [5.41, 5.74) is 12.7. The third-order valence-corrected chi connectivity index (χ3v) is 8.07. The van der Waals surface area contributed by atoms with Crippen molar-refractivity contribution in [1.82, 2.24) is 15.1 Å². The van der Waals surface area contributed by atoms with Crippen LogP contribution in [0.5, 0.6) is 11.5 Å². The van der Waals surface area contributed by atoms with Crippen LogP contribution in [0.3, 0.4) is 0 Å². The van der Waals surface area contributed by atoms with Crippen molar-refractivity contribution in [3.63, 3.8) is 0 Å². The third kappa shape index (κ3) is 5.21. The first-order valence-corrected chi connectivity index (χ1v) is 14.2. The highest BCUT2D eigenvalue weighted by Gasteiger charge is 2.27. The molecule has 0 spiro atoms. The summed E-state index contributed by atoms with van der Waals surface area (Å²) in [5, 5.41) is 11.8. The Hall–Kier alpha value is -4.10. The smallest absolute Gasteiger partial charge is 0.254 e. The highest BCUT2D eigenvalue weighted by atomic mass is 16.5. The number of carbonyl (C=O) groups is 1. The highest BCUT2D eigenvalue weighted by molar-refractivity contribution is 6.04. The molecule has 4 aromatic rings. The second-order valence-corrected chi connectivity index (χ2v) is 11.9. The monoisotopic (exact) mass is 535 g/mol. The number of anilines is 2. The zero-order valence-corrected chi connectivity index (χ0v) is 23.5. The molecule has 0 unspecified atom stereocenters. The molecule has 1 aromatic heterocycles. The Morgan fingerprint density at radius 2 is 1.65 bits per heavy atom. The quantitative estimate of drug-likeness (QED) is 0.271. The fraction of sp³-hybridized carbons (Fsp3) is 0.333. The van der Waals surface area contributed by atoms with Crippen LogP contribution >= 0.6 is 0 Å². The molecule has 2 aliphatic rings. The van der Waals surface area contributed by atoms with E-state index in [1.54, 1.807) is 0 Å². The minimum atomic E-state index is -0.502. The van der Waals surface area contributed by atoms with Crippen molar-refractivity contribution in [2.24, 2.45) is 5.73 Å². The molecule has 4 N–H and O–H groups in total. The van der Waals surface area contributed by atoms with Crippen LogP contribution in [0.1, 0.15) is 66.6 Å². The van der Waals surface area contributed by atoms with Gasteiger partial charge in [-0.15, -0.1) is 0 Å². The van der Waals surface area contributed by atoms with Crippen molar-refractivity contribution in [3.05, 3.63) is 89.0 Å². The van der Waals surface area contributed by atoms with Gasteiger partial charge < -0.3 is 21.1 Å². The van der Waals surface area contributed by atoms with Crippen molar-refractivity contribution in [1.29, 1.82) is 0 Å². The molecule has 0 saturated carbocycles. The van der Waals surface area contributed by atoms with Crippen molar-refractivity contribution < 1.29 is 9.53 Å². The summed E-state index contributed by atoms with van der Waals surface area (Å²) in [4.78, 5) is 12.7. The van der Waals surface area contributed by atoms with E-state index in [0.29, 0.717) is 35.3 Å². The Morgan fingerprint density at radius 3 is 2.30 bits per heavy atom. The SMILES string of the molecule is CC(C)(C)c1ccc(Oc2ccc(-c3nn4c(c3C(N)=O)Nc3ccc(C5CCNCC5)cc3CC4)cc2)cc1. The highest BCUT2D eigenvalue weighted by Crippen LogP contribution is 2.37. The number of ether oxygens (including phenoxy) is 1. The van der Waals surface area contributed by atoms with Gasteiger partial charge in [-0.1, -0.05) is 45.0 Å². The molecule has 7 nitrogen and oxygen atoms in total. The lowest BCUT2D eigenvalue weighted by atomic mass is 9.87. The number of aromatic nitrogens is 2. The van der Waals surface area contributed by atoms with Gasteiger partial charge in [0, 0.05) is 17.8 Å². The van der Waals surface area contributed by atoms with Crippen LogP contribution in [0.25, 0.3) is 11.3 Å². The Labute approximate surface area is 235 Å². The number of aryl methyl sites for hydroxylation is 2. The Morgan fingerprint density at radius 1 is 0.975 bits per heavy atom. The molecule has 0 bridgehead atoms. The van der Waals surface area contributed by atoms with Crippen LogP contribution in [0.4, 0.5) is 11.5 Å². The number of rotatable bonds is 5. The molecule has 0 aliphatic carbocycles. The Bertz CT molecular complexity index is 1530. The van der Waals surface area contributed by atoms with Crippen LogP contribution in [-0.2, 0) is 18.4 Å². The van der Waals surface area contributed by atoms with E-state index in [-0.39, 0.29) is 5.41 Å². The average Bonchev–Trinajstić information content (AvgIpc) is 3.21. The number of nitrogens with two attached hydrogens (primary N) is 1. The molecule has 3 heterocycles. The summed E-state index contributed by atoms with van der Waals surface area (Å²) in [7, 11) is 0. The standard InChI is InChI=1S/C33H37N5O2/c1-33(2,3)25-7-11-27(12-8-25)40-26-9-4-22(5-10-26)30-29(31(34)39)32-36-28-13-6-23(21-14-17-35-18-15-21)20-24(28)16-19-38(32)37-30/h4-13,20-21,35-36H,14-19H2,1-3H3,(H2,34,39). The summed E-state index contributed by atoms with van der Waals surface area (Å²) < 4.78 is 7.95. The van der Waals surface area contributed by atoms with E-state index in [1.165, 1.54) is 16.7 Å².